The molecule has 0 aromatic heterocycles. The standard InChI is InChI=1S/C14H21NO4/c1-13(14-5-3-2-4-6-14)15-19-12-11-18-10-9-17-8-7-16/h2-6,16H,7-12H2,1H3/b15-13+. The van der Waals surface area contributed by atoms with E-state index >= 15 is 0 Å². The smallest absolute Gasteiger partial charge is 0.140 e. The second-order valence-electron chi connectivity index (χ2n) is 3.82. The Morgan fingerprint density at radius 2 is 1.63 bits per heavy atom. The number of nitrogens with zero attached hydrogens (tertiary/aromatic N) is 1. The fraction of sp³-hybridized carbons (Fsp3) is 0.500. The lowest BCUT2D eigenvalue weighted by Crippen LogP contribution is -2.10. The molecule has 106 valence electrons. The lowest BCUT2D eigenvalue weighted by Gasteiger charge is -2.05. The quantitative estimate of drug-likeness (QED) is 0.396. The molecular formula is C14H21NO4. The SMILES string of the molecule is C/C(=N\OCCOCCOCCO)c1ccccc1. The zero-order valence-electron chi connectivity index (χ0n) is 11.2. The van der Waals surface area contributed by atoms with E-state index in [1.54, 1.807) is 0 Å². The van der Waals surface area contributed by atoms with Crippen LogP contribution in [-0.4, -0.2) is 50.5 Å². The summed E-state index contributed by atoms with van der Waals surface area (Å²) in [4.78, 5) is 5.16. The maximum atomic E-state index is 8.48. The van der Waals surface area contributed by atoms with Crippen LogP contribution in [0.25, 0.3) is 0 Å². The van der Waals surface area contributed by atoms with Crippen LogP contribution < -0.4 is 0 Å². The molecule has 0 bridgehead atoms. The normalized spacial score (nSPS) is 11.6. The first kappa shape index (κ1) is 15.6. The van der Waals surface area contributed by atoms with Gasteiger partial charge in [0.25, 0.3) is 0 Å². The lowest BCUT2D eigenvalue weighted by atomic mass is 10.1. The minimum Gasteiger partial charge on any atom is -0.394 e. The van der Waals surface area contributed by atoms with Gasteiger partial charge in [0.15, 0.2) is 0 Å². The van der Waals surface area contributed by atoms with Crippen molar-refractivity contribution in [2.75, 3.05) is 39.6 Å². The Bertz CT molecular complexity index is 354. The molecule has 0 atom stereocenters. The molecule has 0 aliphatic heterocycles. The Kier molecular flexibility index (Phi) is 8.63. The summed E-state index contributed by atoms with van der Waals surface area (Å²) in [6.07, 6.45) is 0. The van der Waals surface area contributed by atoms with Gasteiger partial charge in [0.1, 0.15) is 6.61 Å². The van der Waals surface area contributed by atoms with E-state index in [0.717, 1.165) is 11.3 Å². The van der Waals surface area contributed by atoms with Crippen LogP contribution in [0, 0.1) is 0 Å². The van der Waals surface area contributed by atoms with Crippen LogP contribution in [0.2, 0.25) is 0 Å². The molecule has 0 amide bonds. The molecule has 0 aliphatic rings. The van der Waals surface area contributed by atoms with E-state index in [1.165, 1.54) is 0 Å². The highest BCUT2D eigenvalue weighted by Gasteiger charge is 1.96. The van der Waals surface area contributed by atoms with Crippen molar-refractivity contribution >= 4 is 5.71 Å². The number of benzene rings is 1. The van der Waals surface area contributed by atoms with Crippen molar-refractivity contribution in [3.8, 4) is 0 Å². The molecule has 0 saturated carbocycles. The summed E-state index contributed by atoms with van der Waals surface area (Å²) in [5.74, 6) is 0. The van der Waals surface area contributed by atoms with Crippen LogP contribution in [0.1, 0.15) is 12.5 Å². The number of aliphatic hydroxyl groups excluding tert-OH is 1. The molecule has 1 rings (SSSR count). The van der Waals surface area contributed by atoms with Crippen molar-refractivity contribution in [1.82, 2.24) is 0 Å². The van der Waals surface area contributed by atoms with Gasteiger partial charge in [0.05, 0.1) is 38.7 Å². The van der Waals surface area contributed by atoms with Crippen molar-refractivity contribution in [2.24, 2.45) is 5.16 Å². The average molecular weight is 267 g/mol. The minimum atomic E-state index is 0.0383. The summed E-state index contributed by atoms with van der Waals surface area (Å²) in [7, 11) is 0. The second-order valence-corrected chi connectivity index (χ2v) is 3.82. The highest BCUT2D eigenvalue weighted by Crippen LogP contribution is 2.00. The van der Waals surface area contributed by atoms with E-state index in [4.69, 9.17) is 19.4 Å². The predicted octanol–water partition coefficient (Wildman–Crippen LogP) is 1.45. The van der Waals surface area contributed by atoms with Gasteiger partial charge in [0.2, 0.25) is 0 Å². The molecule has 0 spiro atoms. The van der Waals surface area contributed by atoms with Crippen LogP contribution in [0.4, 0.5) is 0 Å². The predicted molar refractivity (Wildman–Crippen MR) is 73.3 cm³/mol. The van der Waals surface area contributed by atoms with Gasteiger partial charge in [-0.1, -0.05) is 35.5 Å². The average Bonchev–Trinajstić information content (AvgIpc) is 2.46. The van der Waals surface area contributed by atoms with E-state index in [-0.39, 0.29) is 6.61 Å². The highest BCUT2D eigenvalue weighted by molar-refractivity contribution is 5.98. The summed E-state index contributed by atoms with van der Waals surface area (Å²) < 4.78 is 10.3. The summed E-state index contributed by atoms with van der Waals surface area (Å²) >= 11 is 0. The molecule has 1 aromatic carbocycles. The first-order chi connectivity index (χ1) is 9.34. The van der Waals surface area contributed by atoms with Crippen molar-refractivity contribution in [1.29, 1.82) is 0 Å². The maximum absolute atomic E-state index is 8.48. The largest absolute Gasteiger partial charge is 0.394 e. The summed E-state index contributed by atoms with van der Waals surface area (Å²) in [6, 6.07) is 9.85. The number of aliphatic hydroxyl groups is 1. The second kappa shape index (κ2) is 10.5. The van der Waals surface area contributed by atoms with Crippen LogP contribution >= 0.6 is 0 Å². The van der Waals surface area contributed by atoms with Crippen molar-refractivity contribution in [2.45, 2.75) is 6.92 Å². The summed E-state index contributed by atoms with van der Waals surface area (Å²) in [5.41, 5.74) is 1.88. The molecule has 0 saturated heterocycles. The van der Waals surface area contributed by atoms with Crippen molar-refractivity contribution < 1.29 is 19.4 Å². The Balaban J connectivity index is 2.04. The molecule has 1 aromatic rings. The molecule has 0 fully saturated rings. The van der Waals surface area contributed by atoms with Gasteiger partial charge in [-0.15, -0.1) is 0 Å². The molecule has 0 aliphatic carbocycles. The van der Waals surface area contributed by atoms with E-state index in [2.05, 4.69) is 5.16 Å². The minimum absolute atomic E-state index is 0.0383. The molecule has 5 nitrogen and oxygen atoms in total. The van der Waals surface area contributed by atoms with E-state index in [0.29, 0.717) is 33.0 Å². The topological polar surface area (TPSA) is 60.3 Å². The van der Waals surface area contributed by atoms with Crippen LogP contribution in [-0.2, 0) is 14.3 Å². The Morgan fingerprint density at radius 1 is 1.00 bits per heavy atom. The van der Waals surface area contributed by atoms with Gasteiger partial charge in [-0.3, -0.25) is 0 Å². The summed E-state index contributed by atoms with van der Waals surface area (Å²) in [5, 5.41) is 12.5. The van der Waals surface area contributed by atoms with Gasteiger partial charge in [-0.25, -0.2) is 0 Å². The zero-order valence-corrected chi connectivity index (χ0v) is 11.2. The Morgan fingerprint density at radius 3 is 2.32 bits per heavy atom. The molecule has 0 unspecified atom stereocenters. The third-order valence-electron chi connectivity index (χ3n) is 2.32. The number of ether oxygens (including phenoxy) is 2. The van der Waals surface area contributed by atoms with Crippen molar-refractivity contribution in [3.63, 3.8) is 0 Å². The number of rotatable bonds is 10. The van der Waals surface area contributed by atoms with Gasteiger partial charge < -0.3 is 19.4 Å². The van der Waals surface area contributed by atoms with Crippen LogP contribution in [0.5, 0.6) is 0 Å². The monoisotopic (exact) mass is 267 g/mol. The molecule has 0 heterocycles. The molecule has 19 heavy (non-hydrogen) atoms. The van der Waals surface area contributed by atoms with E-state index in [9.17, 15) is 0 Å². The fourth-order valence-corrected chi connectivity index (χ4v) is 1.36. The van der Waals surface area contributed by atoms with Gasteiger partial charge in [0, 0.05) is 0 Å². The van der Waals surface area contributed by atoms with Gasteiger partial charge >= 0.3 is 0 Å². The van der Waals surface area contributed by atoms with E-state index < -0.39 is 0 Å². The molecule has 5 heteroatoms. The Hall–Kier alpha value is -1.43. The maximum Gasteiger partial charge on any atom is 0.140 e. The Labute approximate surface area is 113 Å². The highest BCUT2D eigenvalue weighted by atomic mass is 16.6. The van der Waals surface area contributed by atoms with Crippen LogP contribution in [0.3, 0.4) is 0 Å². The number of hydrogen-bond acceptors (Lipinski definition) is 5. The number of oxime groups is 1. The van der Waals surface area contributed by atoms with Crippen molar-refractivity contribution in [3.05, 3.63) is 35.9 Å². The molecular weight excluding hydrogens is 246 g/mol. The first-order valence-corrected chi connectivity index (χ1v) is 6.33. The number of hydrogen-bond donors (Lipinski definition) is 1. The fourth-order valence-electron chi connectivity index (χ4n) is 1.36. The van der Waals surface area contributed by atoms with Gasteiger partial charge in [-0.05, 0) is 12.5 Å². The van der Waals surface area contributed by atoms with Crippen LogP contribution in [0.15, 0.2) is 35.5 Å². The van der Waals surface area contributed by atoms with Gasteiger partial charge in [-0.2, -0.15) is 0 Å². The first-order valence-electron chi connectivity index (χ1n) is 6.33. The third kappa shape index (κ3) is 7.56. The zero-order chi connectivity index (χ0) is 13.8. The molecule has 1 N–H and O–H groups in total. The molecule has 0 radical (unpaired) electrons. The summed E-state index contributed by atoms with van der Waals surface area (Å²) in [6.45, 7) is 4.13. The van der Waals surface area contributed by atoms with E-state index in [1.807, 2.05) is 37.3 Å². The third-order valence-corrected chi connectivity index (χ3v) is 2.32. The lowest BCUT2D eigenvalue weighted by molar-refractivity contribution is 0.00870.